The van der Waals surface area contributed by atoms with E-state index in [1.807, 2.05) is 0 Å². The number of aliphatic imine (C=N–C) groups is 1. The van der Waals surface area contributed by atoms with Crippen LogP contribution in [0.5, 0.6) is 0 Å². The molecule has 2 heteroatoms. The molecule has 0 atom stereocenters. The Labute approximate surface area is 61.3 Å². The molecule has 2 nitrogen and oxygen atoms in total. The molecule has 10 heavy (non-hydrogen) atoms. The Hall–Kier alpha value is -0.620. The summed E-state index contributed by atoms with van der Waals surface area (Å²) in [6.45, 7) is 5.06. The van der Waals surface area contributed by atoms with Gasteiger partial charge in [-0.2, -0.15) is 0 Å². The number of hydrogen-bond acceptors (Lipinski definition) is 2. The van der Waals surface area contributed by atoms with Gasteiger partial charge in [0.15, 0.2) is 0 Å². The highest BCUT2D eigenvalue weighted by molar-refractivity contribution is 5.33. The minimum Gasteiger partial charge on any atom is -0.211 e. The summed E-state index contributed by atoms with van der Waals surface area (Å²) in [6, 6.07) is 0. The number of carbonyl (C=O) groups excluding carboxylic acids is 1. The minimum absolute atomic E-state index is 0.372. The Morgan fingerprint density at radius 2 is 2.20 bits per heavy atom. The van der Waals surface area contributed by atoms with Crippen LogP contribution in [0.2, 0.25) is 0 Å². The molecule has 0 aliphatic heterocycles. The van der Waals surface area contributed by atoms with Gasteiger partial charge in [-0.3, -0.25) is 0 Å². The molecule has 0 amide bonds. The van der Waals surface area contributed by atoms with Gasteiger partial charge in [0.05, 0.1) is 6.54 Å². The molecule has 0 aromatic carbocycles. The van der Waals surface area contributed by atoms with Crippen LogP contribution in [0.1, 0.15) is 26.7 Å². The zero-order valence-corrected chi connectivity index (χ0v) is 6.55. The Bertz CT molecular complexity index is 164. The van der Waals surface area contributed by atoms with Gasteiger partial charge in [-0.25, -0.2) is 9.79 Å². The zero-order chi connectivity index (χ0) is 7.61. The Balaban J connectivity index is 2.45. The van der Waals surface area contributed by atoms with Crippen molar-refractivity contribution < 1.29 is 4.79 Å². The maximum atomic E-state index is 9.81. The fourth-order valence-electron chi connectivity index (χ4n) is 1.27. The highest BCUT2D eigenvalue weighted by Crippen LogP contribution is 2.51. The van der Waals surface area contributed by atoms with E-state index in [2.05, 4.69) is 18.8 Å². The standard InChI is InChI=1S/C8H13NO/c1-7(2)8(3-4-8)5-9-6-10/h7H,3-5H2,1-2H3. The van der Waals surface area contributed by atoms with Crippen LogP contribution in [0.4, 0.5) is 0 Å². The monoisotopic (exact) mass is 139 g/mol. The van der Waals surface area contributed by atoms with Gasteiger partial charge in [-0.15, -0.1) is 0 Å². The van der Waals surface area contributed by atoms with E-state index >= 15 is 0 Å². The van der Waals surface area contributed by atoms with Crippen molar-refractivity contribution in [2.45, 2.75) is 26.7 Å². The summed E-state index contributed by atoms with van der Waals surface area (Å²) in [6.07, 6.45) is 4.06. The molecule has 1 rings (SSSR count). The lowest BCUT2D eigenvalue weighted by Gasteiger charge is -2.14. The van der Waals surface area contributed by atoms with E-state index in [-0.39, 0.29) is 0 Å². The van der Waals surface area contributed by atoms with Crippen LogP contribution in [-0.2, 0) is 4.79 Å². The summed E-state index contributed by atoms with van der Waals surface area (Å²) in [4.78, 5) is 13.4. The van der Waals surface area contributed by atoms with Crippen molar-refractivity contribution >= 4 is 6.08 Å². The smallest absolute Gasteiger partial charge is 0.211 e. The molecule has 0 aromatic heterocycles. The normalized spacial score (nSPS) is 20.3. The predicted octanol–water partition coefficient (Wildman–Crippen LogP) is 1.76. The highest BCUT2D eigenvalue weighted by atomic mass is 16.1. The summed E-state index contributed by atoms with van der Waals surface area (Å²) < 4.78 is 0. The molecule has 0 spiro atoms. The summed E-state index contributed by atoms with van der Waals surface area (Å²) in [7, 11) is 0. The van der Waals surface area contributed by atoms with Crippen LogP contribution in [-0.4, -0.2) is 12.6 Å². The molecule has 0 radical (unpaired) electrons. The van der Waals surface area contributed by atoms with E-state index in [1.165, 1.54) is 12.8 Å². The zero-order valence-electron chi connectivity index (χ0n) is 6.55. The largest absolute Gasteiger partial charge is 0.234 e. The van der Waals surface area contributed by atoms with Crippen LogP contribution in [0.15, 0.2) is 4.99 Å². The predicted molar refractivity (Wildman–Crippen MR) is 39.5 cm³/mol. The van der Waals surface area contributed by atoms with Crippen LogP contribution >= 0.6 is 0 Å². The summed E-state index contributed by atoms with van der Waals surface area (Å²) in [5, 5.41) is 0. The third-order valence-electron chi connectivity index (χ3n) is 2.58. The molecule has 0 unspecified atom stereocenters. The van der Waals surface area contributed by atoms with Crippen molar-refractivity contribution in [2.75, 3.05) is 6.54 Å². The molecular weight excluding hydrogens is 126 g/mol. The van der Waals surface area contributed by atoms with Gasteiger partial charge < -0.3 is 0 Å². The second kappa shape index (κ2) is 2.55. The Kier molecular flexibility index (Phi) is 1.91. The third-order valence-corrected chi connectivity index (χ3v) is 2.58. The Morgan fingerprint density at radius 3 is 2.50 bits per heavy atom. The van der Waals surface area contributed by atoms with Gasteiger partial charge in [0.1, 0.15) is 0 Å². The van der Waals surface area contributed by atoms with Gasteiger partial charge in [-0.1, -0.05) is 13.8 Å². The van der Waals surface area contributed by atoms with Gasteiger partial charge in [0.25, 0.3) is 0 Å². The summed E-state index contributed by atoms with van der Waals surface area (Å²) in [5.41, 5.74) is 0.372. The van der Waals surface area contributed by atoms with E-state index in [4.69, 9.17) is 0 Å². The number of isocyanates is 1. The maximum absolute atomic E-state index is 9.81. The average molecular weight is 139 g/mol. The molecule has 0 saturated heterocycles. The van der Waals surface area contributed by atoms with Crippen molar-refractivity contribution in [3.63, 3.8) is 0 Å². The quantitative estimate of drug-likeness (QED) is 0.432. The van der Waals surface area contributed by atoms with Gasteiger partial charge >= 0.3 is 0 Å². The molecule has 0 bridgehead atoms. The molecule has 1 aliphatic rings. The Morgan fingerprint density at radius 1 is 1.60 bits per heavy atom. The number of rotatable bonds is 3. The van der Waals surface area contributed by atoms with Crippen LogP contribution < -0.4 is 0 Å². The first-order valence-electron chi connectivity index (χ1n) is 3.75. The van der Waals surface area contributed by atoms with Crippen molar-refractivity contribution in [2.24, 2.45) is 16.3 Å². The van der Waals surface area contributed by atoms with Crippen LogP contribution in [0.25, 0.3) is 0 Å². The average Bonchev–Trinajstić information content (AvgIpc) is 2.64. The number of nitrogens with zero attached hydrogens (tertiary/aromatic N) is 1. The fraction of sp³-hybridized carbons (Fsp3) is 0.875. The lowest BCUT2D eigenvalue weighted by atomic mass is 9.93. The first kappa shape index (κ1) is 7.49. The molecule has 0 N–H and O–H groups in total. The van der Waals surface area contributed by atoms with Crippen molar-refractivity contribution in [3.05, 3.63) is 0 Å². The lowest BCUT2D eigenvalue weighted by molar-refractivity contribution is 0.370. The second-order valence-corrected chi connectivity index (χ2v) is 3.42. The van der Waals surface area contributed by atoms with E-state index < -0.39 is 0 Å². The molecule has 1 aliphatic carbocycles. The topological polar surface area (TPSA) is 29.4 Å². The molecule has 56 valence electrons. The first-order valence-corrected chi connectivity index (χ1v) is 3.75. The molecule has 0 aromatic rings. The SMILES string of the molecule is CC(C)C1(CN=C=O)CC1. The van der Waals surface area contributed by atoms with E-state index in [9.17, 15) is 4.79 Å². The van der Waals surface area contributed by atoms with Gasteiger partial charge in [0, 0.05) is 0 Å². The fourth-order valence-corrected chi connectivity index (χ4v) is 1.27. The van der Waals surface area contributed by atoms with Crippen molar-refractivity contribution in [1.82, 2.24) is 0 Å². The van der Waals surface area contributed by atoms with E-state index in [0.717, 1.165) is 0 Å². The second-order valence-electron chi connectivity index (χ2n) is 3.42. The molecular formula is C8H13NO. The van der Waals surface area contributed by atoms with E-state index in [0.29, 0.717) is 17.9 Å². The minimum atomic E-state index is 0.372. The number of hydrogen-bond donors (Lipinski definition) is 0. The maximum Gasteiger partial charge on any atom is 0.234 e. The molecule has 0 heterocycles. The highest BCUT2D eigenvalue weighted by Gasteiger charge is 2.44. The molecule has 1 fully saturated rings. The third kappa shape index (κ3) is 1.27. The van der Waals surface area contributed by atoms with Gasteiger partial charge in [-0.05, 0) is 24.2 Å². The van der Waals surface area contributed by atoms with Gasteiger partial charge in [0.2, 0.25) is 6.08 Å². The van der Waals surface area contributed by atoms with E-state index in [1.54, 1.807) is 6.08 Å². The van der Waals surface area contributed by atoms with Crippen LogP contribution in [0, 0.1) is 11.3 Å². The van der Waals surface area contributed by atoms with Crippen molar-refractivity contribution in [1.29, 1.82) is 0 Å². The summed E-state index contributed by atoms with van der Waals surface area (Å²) >= 11 is 0. The van der Waals surface area contributed by atoms with Crippen molar-refractivity contribution in [3.8, 4) is 0 Å². The summed E-state index contributed by atoms with van der Waals surface area (Å²) in [5.74, 6) is 0.657. The molecule has 1 saturated carbocycles. The van der Waals surface area contributed by atoms with Crippen LogP contribution in [0.3, 0.4) is 0 Å². The first-order chi connectivity index (χ1) is 4.71. The lowest BCUT2D eigenvalue weighted by Crippen LogP contribution is -2.12.